The molecule has 0 saturated carbocycles. The first-order valence-corrected chi connectivity index (χ1v) is 7.60. The predicted molar refractivity (Wildman–Crippen MR) is 77.8 cm³/mol. The SMILES string of the molecule is FC(F)(F)Oc1ccc(CSC(=S)N2CCCC2)cc1. The van der Waals surface area contributed by atoms with Crippen molar-refractivity contribution in [3.8, 4) is 5.75 Å². The molecule has 0 atom stereocenters. The van der Waals surface area contributed by atoms with Gasteiger partial charge in [-0.25, -0.2) is 0 Å². The number of likely N-dealkylation sites (tertiary alicyclic amines) is 1. The summed E-state index contributed by atoms with van der Waals surface area (Å²) in [6.45, 7) is 2.01. The largest absolute Gasteiger partial charge is 0.573 e. The van der Waals surface area contributed by atoms with Gasteiger partial charge in [-0.05, 0) is 30.5 Å². The Bertz CT molecular complexity index is 456. The van der Waals surface area contributed by atoms with Crippen molar-refractivity contribution in [1.29, 1.82) is 0 Å². The van der Waals surface area contributed by atoms with Gasteiger partial charge in [0.2, 0.25) is 0 Å². The Kier molecular flexibility index (Phi) is 5.15. The Morgan fingerprint density at radius 3 is 2.35 bits per heavy atom. The van der Waals surface area contributed by atoms with E-state index in [4.69, 9.17) is 12.2 Å². The fourth-order valence-corrected chi connectivity index (χ4v) is 3.13. The molecule has 0 amide bonds. The summed E-state index contributed by atoms with van der Waals surface area (Å²) in [7, 11) is 0. The van der Waals surface area contributed by atoms with Gasteiger partial charge in [0.25, 0.3) is 0 Å². The normalized spacial score (nSPS) is 15.4. The molecule has 7 heteroatoms. The molecule has 1 fully saturated rings. The molecule has 0 aliphatic carbocycles. The fourth-order valence-electron chi connectivity index (χ4n) is 1.92. The number of thiocarbonyl (C=S) groups is 1. The van der Waals surface area contributed by atoms with Crippen LogP contribution in [-0.4, -0.2) is 28.7 Å². The molecule has 0 aromatic heterocycles. The smallest absolute Gasteiger partial charge is 0.406 e. The van der Waals surface area contributed by atoms with Crippen molar-refractivity contribution < 1.29 is 17.9 Å². The molecular formula is C13H14F3NOS2. The van der Waals surface area contributed by atoms with Gasteiger partial charge in [0.1, 0.15) is 10.1 Å². The number of nitrogens with zero attached hydrogens (tertiary/aromatic N) is 1. The first-order chi connectivity index (χ1) is 9.44. The highest BCUT2D eigenvalue weighted by atomic mass is 32.2. The topological polar surface area (TPSA) is 12.5 Å². The van der Waals surface area contributed by atoms with E-state index in [0.29, 0.717) is 5.75 Å². The van der Waals surface area contributed by atoms with Crippen LogP contribution >= 0.6 is 24.0 Å². The summed E-state index contributed by atoms with van der Waals surface area (Å²) in [5.41, 5.74) is 0.922. The summed E-state index contributed by atoms with van der Waals surface area (Å²) in [4.78, 5) is 2.17. The summed E-state index contributed by atoms with van der Waals surface area (Å²) in [6, 6.07) is 5.89. The minimum Gasteiger partial charge on any atom is -0.406 e. The molecule has 2 rings (SSSR count). The monoisotopic (exact) mass is 321 g/mol. The van der Waals surface area contributed by atoms with Gasteiger partial charge in [-0.1, -0.05) is 36.1 Å². The van der Waals surface area contributed by atoms with Crippen molar-refractivity contribution in [3.05, 3.63) is 29.8 Å². The molecule has 0 spiro atoms. The molecule has 1 aliphatic heterocycles. The molecule has 110 valence electrons. The zero-order valence-corrected chi connectivity index (χ0v) is 12.3. The van der Waals surface area contributed by atoms with Crippen molar-refractivity contribution in [3.63, 3.8) is 0 Å². The second-order valence-corrected chi connectivity index (χ2v) is 6.05. The van der Waals surface area contributed by atoms with Crippen molar-refractivity contribution in [2.45, 2.75) is 25.0 Å². The number of benzene rings is 1. The lowest BCUT2D eigenvalue weighted by Gasteiger charge is -2.17. The third-order valence-electron chi connectivity index (χ3n) is 2.88. The Hall–Kier alpha value is -0.950. The molecule has 1 aliphatic rings. The van der Waals surface area contributed by atoms with E-state index in [1.807, 2.05) is 0 Å². The third kappa shape index (κ3) is 4.86. The van der Waals surface area contributed by atoms with Gasteiger partial charge >= 0.3 is 6.36 Å². The number of rotatable bonds is 3. The van der Waals surface area contributed by atoms with Crippen LogP contribution < -0.4 is 4.74 Å². The van der Waals surface area contributed by atoms with Gasteiger partial charge < -0.3 is 9.64 Å². The van der Waals surface area contributed by atoms with E-state index in [-0.39, 0.29) is 5.75 Å². The van der Waals surface area contributed by atoms with Gasteiger partial charge in [-0.3, -0.25) is 0 Å². The van der Waals surface area contributed by atoms with Crippen LogP contribution in [0.3, 0.4) is 0 Å². The highest BCUT2D eigenvalue weighted by Crippen LogP contribution is 2.25. The van der Waals surface area contributed by atoms with Gasteiger partial charge in [0.05, 0.1) is 0 Å². The zero-order valence-electron chi connectivity index (χ0n) is 10.7. The maximum atomic E-state index is 12.0. The zero-order chi connectivity index (χ0) is 14.6. The summed E-state index contributed by atoms with van der Waals surface area (Å²) >= 11 is 6.87. The van der Waals surface area contributed by atoms with E-state index in [1.54, 1.807) is 23.9 Å². The first-order valence-electron chi connectivity index (χ1n) is 6.20. The first kappa shape index (κ1) is 15.4. The Morgan fingerprint density at radius 1 is 1.20 bits per heavy atom. The second-order valence-electron chi connectivity index (χ2n) is 4.44. The summed E-state index contributed by atoms with van der Waals surface area (Å²) in [5.74, 6) is 0.454. The predicted octanol–water partition coefficient (Wildman–Crippen LogP) is 4.20. The minimum atomic E-state index is -4.65. The summed E-state index contributed by atoms with van der Waals surface area (Å²) in [5, 5.41) is 0. The lowest BCUT2D eigenvalue weighted by Crippen LogP contribution is -2.23. The van der Waals surface area contributed by atoms with E-state index in [1.165, 1.54) is 25.0 Å². The number of hydrogen-bond acceptors (Lipinski definition) is 3. The van der Waals surface area contributed by atoms with Crippen LogP contribution in [0.4, 0.5) is 13.2 Å². The molecule has 1 aromatic carbocycles. The molecule has 0 radical (unpaired) electrons. The molecule has 1 heterocycles. The Morgan fingerprint density at radius 2 is 1.80 bits per heavy atom. The van der Waals surface area contributed by atoms with Crippen molar-refractivity contribution >= 4 is 28.3 Å². The third-order valence-corrected chi connectivity index (χ3v) is 4.48. The number of hydrogen-bond donors (Lipinski definition) is 0. The van der Waals surface area contributed by atoms with Crippen molar-refractivity contribution in [2.24, 2.45) is 0 Å². The Balaban J connectivity index is 1.83. The van der Waals surface area contributed by atoms with Crippen LogP contribution in [0.2, 0.25) is 0 Å². The van der Waals surface area contributed by atoms with Gasteiger partial charge in [-0.2, -0.15) is 0 Å². The standard InChI is InChI=1S/C13H14F3NOS2/c14-13(15,16)18-11-5-3-10(4-6-11)9-20-12(19)17-7-1-2-8-17/h3-6H,1-2,7-9H2. The highest BCUT2D eigenvalue weighted by molar-refractivity contribution is 8.22. The van der Waals surface area contributed by atoms with E-state index >= 15 is 0 Å². The molecule has 0 bridgehead atoms. The lowest BCUT2D eigenvalue weighted by atomic mass is 10.2. The molecule has 0 unspecified atom stereocenters. The molecule has 0 N–H and O–H groups in total. The number of thioether (sulfide) groups is 1. The van der Waals surface area contributed by atoms with Crippen LogP contribution in [0.25, 0.3) is 0 Å². The maximum absolute atomic E-state index is 12.0. The van der Waals surface area contributed by atoms with Crippen LogP contribution in [0.5, 0.6) is 5.75 Å². The van der Waals surface area contributed by atoms with Crippen LogP contribution in [0.15, 0.2) is 24.3 Å². The number of halogens is 3. The molecule has 20 heavy (non-hydrogen) atoms. The highest BCUT2D eigenvalue weighted by Gasteiger charge is 2.30. The van der Waals surface area contributed by atoms with E-state index in [9.17, 15) is 13.2 Å². The van der Waals surface area contributed by atoms with Crippen LogP contribution in [0.1, 0.15) is 18.4 Å². The Labute approximate surface area is 125 Å². The summed E-state index contributed by atoms with van der Waals surface area (Å²) in [6.07, 6.45) is -2.30. The van der Waals surface area contributed by atoms with Crippen LogP contribution in [-0.2, 0) is 5.75 Å². The van der Waals surface area contributed by atoms with Gasteiger partial charge in [-0.15, -0.1) is 13.2 Å². The van der Waals surface area contributed by atoms with E-state index in [2.05, 4.69) is 9.64 Å². The number of ether oxygens (including phenoxy) is 1. The second kappa shape index (κ2) is 6.67. The van der Waals surface area contributed by atoms with Gasteiger partial charge in [0.15, 0.2) is 0 Å². The average molecular weight is 321 g/mol. The van der Waals surface area contributed by atoms with E-state index < -0.39 is 6.36 Å². The molecular weight excluding hydrogens is 307 g/mol. The number of alkyl halides is 3. The van der Waals surface area contributed by atoms with Gasteiger partial charge in [0, 0.05) is 18.8 Å². The maximum Gasteiger partial charge on any atom is 0.573 e. The average Bonchev–Trinajstić information content (AvgIpc) is 2.89. The minimum absolute atomic E-state index is 0.201. The summed E-state index contributed by atoms with van der Waals surface area (Å²) < 4.78 is 40.7. The lowest BCUT2D eigenvalue weighted by molar-refractivity contribution is -0.274. The van der Waals surface area contributed by atoms with Crippen molar-refractivity contribution in [2.75, 3.05) is 13.1 Å². The molecule has 1 aromatic rings. The van der Waals surface area contributed by atoms with Crippen molar-refractivity contribution in [1.82, 2.24) is 4.90 Å². The van der Waals surface area contributed by atoms with Crippen LogP contribution in [0, 0.1) is 0 Å². The van der Waals surface area contributed by atoms with E-state index in [0.717, 1.165) is 23.0 Å². The fraction of sp³-hybridized carbons (Fsp3) is 0.462. The molecule has 2 nitrogen and oxygen atoms in total. The quantitative estimate of drug-likeness (QED) is 0.773. The molecule has 1 saturated heterocycles.